The van der Waals surface area contributed by atoms with E-state index in [4.69, 9.17) is 23.2 Å². The highest BCUT2D eigenvalue weighted by Gasteiger charge is 2.23. The van der Waals surface area contributed by atoms with Crippen molar-refractivity contribution in [2.45, 2.75) is 20.4 Å². The Morgan fingerprint density at radius 2 is 1.89 bits per heavy atom. The fourth-order valence-electron chi connectivity index (χ4n) is 2.83. The molecule has 0 aliphatic rings. The number of aromatic nitrogens is 4. The summed E-state index contributed by atoms with van der Waals surface area (Å²) in [6.07, 6.45) is 1.28. The molecule has 3 aromatic rings. The van der Waals surface area contributed by atoms with E-state index in [-0.39, 0.29) is 11.3 Å². The first-order chi connectivity index (χ1) is 13.2. The number of nitrogens with one attached hydrogen (secondary N) is 1. The van der Waals surface area contributed by atoms with Crippen LogP contribution in [0.15, 0.2) is 24.4 Å². The molecule has 2 N–H and O–H groups in total. The molecule has 0 fully saturated rings. The quantitative estimate of drug-likeness (QED) is 0.655. The lowest BCUT2D eigenvalue weighted by Crippen LogP contribution is -2.17. The Hall–Kier alpha value is -2.84. The summed E-state index contributed by atoms with van der Waals surface area (Å²) < 4.78 is 3.01. The van der Waals surface area contributed by atoms with Gasteiger partial charge in [0.15, 0.2) is 5.69 Å². The summed E-state index contributed by atoms with van der Waals surface area (Å²) in [4.78, 5) is 23.9. The van der Waals surface area contributed by atoms with Crippen LogP contribution in [0.25, 0.3) is 0 Å². The average molecular weight is 422 g/mol. The second-order valence-electron chi connectivity index (χ2n) is 6.28. The van der Waals surface area contributed by atoms with Crippen LogP contribution < -0.4 is 5.32 Å². The van der Waals surface area contributed by atoms with Crippen molar-refractivity contribution in [1.82, 2.24) is 19.6 Å². The highest BCUT2D eigenvalue weighted by atomic mass is 35.5. The van der Waals surface area contributed by atoms with Crippen molar-refractivity contribution in [2.75, 3.05) is 5.32 Å². The molecule has 0 aliphatic heterocycles. The molecule has 28 heavy (non-hydrogen) atoms. The van der Waals surface area contributed by atoms with Gasteiger partial charge in [-0.05, 0) is 31.5 Å². The van der Waals surface area contributed by atoms with Crippen molar-refractivity contribution >= 4 is 40.8 Å². The second kappa shape index (κ2) is 7.65. The number of aryl methyl sites for hydroxylation is 2. The molecule has 2 heterocycles. The molecule has 0 saturated heterocycles. The third-order valence-corrected chi connectivity index (χ3v) is 4.95. The molecule has 0 atom stereocenters. The van der Waals surface area contributed by atoms with E-state index in [9.17, 15) is 14.7 Å². The predicted molar refractivity (Wildman–Crippen MR) is 105 cm³/mol. The fraction of sp³-hybridized carbons (Fsp3) is 0.222. The van der Waals surface area contributed by atoms with Crippen LogP contribution in [0.1, 0.15) is 37.8 Å². The molecule has 3 rings (SSSR count). The van der Waals surface area contributed by atoms with Gasteiger partial charge in [0.05, 0.1) is 33.7 Å². The normalized spacial score (nSPS) is 10.9. The monoisotopic (exact) mass is 421 g/mol. The second-order valence-corrected chi connectivity index (χ2v) is 7.09. The lowest BCUT2D eigenvalue weighted by molar-refractivity contribution is 0.0692. The zero-order valence-corrected chi connectivity index (χ0v) is 16.8. The molecular weight excluding hydrogens is 405 g/mol. The number of carboxylic acid groups (broad SMARTS) is 1. The van der Waals surface area contributed by atoms with Gasteiger partial charge in [-0.1, -0.05) is 29.3 Å². The van der Waals surface area contributed by atoms with E-state index >= 15 is 0 Å². The molecule has 0 radical (unpaired) electrons. The number of carbonyl (C=O) groups is 2. The zero-order chi connectivity index (χ0) is 20.6. The molecule has 2 aromatic heterocycles. The van der Waals surface area contributed by atoms with E-state index in [0.29, 0.717) is 33.7 Å². The van der Waals surface area contributed by atoms with Gasteiger partial charge in [0, 0.05) is 13.2 Å². The molecule has 146 valence electrons. The minimum Gasteiger partial charge on any atom is -0.478 e. The van der Waals surface area contributed by atoms with Gasteiger partial charge in [0.1, 0.15) is 5.56 Å². The standard InChI is InChI=1S/C18H17Cl2N5O3/c1-9-15(21-17(26)16-12(18(27)28)8-24(3)23-16)10(2)25(22-9)7-11-4-5-13(19)14(20)6-11/h4-6,8H,7H2,1-3H3,(H,21,26)(H,27,28). The van der Waals surface area contributed by atoms with E-state index in [1.54, 1.807) is 30.8 Å². The third-order valence-electron chi connectivity index (χ3n) is 4.21. The van der Waals surface area contributed by atoms with Crippen molar-refractivity contribution in [3.63, 3.8) is 0 Å². The number of rotatable bonds is 5. The first-order valence-electron chi connectivity index (χ1n) is 8.23. The van der Waals surface area contributed by atoms with E-state index in [0.717, 1.165) is 5.56 Å². The number of hydrogen-bond acceptors (Lipinski definition) is 4. The molecular formula is C18H17Cl2N5O3. The Kier molecular flexibility index (Phi) is 5.44. The number of amides is 1. The van der Waals surface area contributed by atoms with Crippen LogP contribution in [0.5, 0.6) is 0 Å². The number of benzene rings is 1. The zero-order valence-electron chi connectivity index (χ0n) is 15.3. The number of carbonyl (C=O) groups excluding carboxylic acids is 1. The number of hydrogen-bond donors (Lipinski definition) is 2. The van der Waals surface area contributed by atoms with Gasteiger partial charge in [-0.15, -0.1) is 0 Å². The number of anilines is 1. The summed E-state index contributed by atoms with van der Waals surface area (Å²) in [5.41, 5.74) is 2.39. The summed E-state index contributed by atoms with van der Waals surface area (Å²) in [7, 11) is 1.55. The van der Waals surface area contributed by atoms with Crippen LogP contribution in [0.3, 0.4) is 0 Å². The van der Waals surface area contributed by atoms with Crippen LogP contribution in [-0.2, 0) is 13.6 Å². The first kappa shape index (κ1) is 19.9. The molecule has 0 bridgehead atoms. The maximum absolute atomic E-state index is 12.6. The smallest absolute Gasteiger partial charge is 0.339 e. The maximum Gasteiger partial charge on any atom is 0.339 e. The first-order valence-corrected chi connectivity index (χ1v) is 8.99. The summed E-state index contributed by atoms with van der Waals surface area (Å²) >= 11 is 12.0. The van der Waals surface area contributed by atoms with E-state index < -0.39 is 11.9 Å². The van der Waals surface area contributed by atoms with Crippen LogP contribution in [0.2, 0.25) is 10.0 Å². The van der Waals surface area contributed by atoms with Gasteiger partial charge >= 0.3 is 5.97 Å². The Bertz CT molecular complexity index is 1090. The minimum absolute atomic E-state index is 0.161. The third kappa shape index (κ3) is 3.88. The lowest BCUT2D eigenvalue weighted by atomic mass is 10.2. The summed E-state index contributed by atoms with van der Waals surface area (Å²) in [5.74, 6) is -1.83. The number of aromatic carboxylic acids is 1. The van der Waals surface area contributed by atoms with Crippen molar-refractivity contribution < 1.29 is 14.7 Å². The molecule has 0 saturated carbocycles. The van der Waals surface area contributed by atoms with Gasteiger partial charge in [-0.25, -0.2) is 4.79 Å². The Balaban J connectivity index is 1.87. The van der Waals surface area contributed by atoms with Crippen molar-refractivity contribution in [1.29, 1.82) is 0 Å². The molecule has 1 amide bonds. The van der Waals surface area contributed by atoms with Crippen molar-refractivity contribution in [3.05, 3.63) is 62.6 Å². The average Bonchev–Trinajstić information content (AvgIpc) is 3.14. The van der Waals surface area contributed by atoms with Gasteiger partial charge in [0.25, 0.3) is 5.91 Å². The topological polar surface area (TPSA) is 102 Å². The largest absolute Gasteiger partial charge is 0.478 e. The van der Waals surface area contributed by atoms with Crippen molar-refractivity contribution in [2.24, 2.45) is 7.05 Å². The molecule has 10 heteroatoms. The summed E-state index contributed by atoms with van der Waals surface area (Å²) in [5, 5.41) is 21.3. The van der Waals surface area contributed by atoms with Gasteiger partial charge in [0.2, 0.25) is 0 Å². The Morgan fingerprint density at radius 1 is 1.18 bits per heavy atom. The number of carboxylic acids is 1. The molecule has 0 aliphatic carbocycles. The molecule has 8 nitrogen and oxygen atoms in total. The highest BCUT2D eigenvalue weighted by Crippen LogP contribution is 2.25. The predicted octanol–water partition coefficient (Wildman–Crippen LogP) is 3.54. The van der Waals surface area contributed by atoms with E-state index in [2.05, 4.69) is 15.5 Å². The van der Waals surface area contributed by atoms with E-state index in [1.165, 1.54) is 10.9 Å². The fourth-order valence-corrected chi connectivity index (χ4v) is 3.15. The number of halogens is 2. The minimum atomic E-state index is -1.22. The van der Waals surface area contributed by atoms with E-state index in [1.807, 2.05) is 13.0 Å². The van der Waals surface area contributed by atoms with Crippen molar-refractivity contribution in [3.8, 4) is 0 Å². The van der Waals surface area contributed by atoms with Gasteiger partial charge in [-0.3, -0.25) is 14.2 Å². The Morgan fingerprint density at radius 3 is 2.54 bits per heavy atom. The van der Waals surface area contributed by atoms with Crippen LogP contribution >= 0.6 is 23.2 Å². The highest BCUT2D eigenvalue weighted by molar-refractivity contribution is 6.42. The summed E-state index contributed by atoms with van der Waals surface area (Å²) in [6, 6.07) is 5.31. The maximum atomic E-state index is 12.6. The molecule has 0 unspecified atom stereocenters. The van der Waals surface area contributed by atoms with Crippen LogP contribution in [0.4, 0.5) is 5.69 Å². The van der Waals surface area contributed by atoms with Gasteiger partial charge in [-0.2, -0.15) is 10.2 Å². The summed E-state index contributed by atoms with van der Waals surface area (Å²) in [6.45, 7) is 4.00. The lowest BCUT2D eigenvalue weighted by Gasteiger charge is -2.08. The molecule has 1 aromatic carbocycles. The molecule has 0 spiro atoms. The van der Waals surface area contributed by atoms with Crippen LogP contribution in [0, 0.1) is 13.8 Å². The SMILES string of the molecule is Cc1nn(Cc2ccc(Cl)c(Cl)c2)c(C)c1NC(=O)c1nn(C)cc1C(=O)O. The van der Waals surface area contributed by atoms with Gasteiger partial charge < -0.3 is 10.4 Å². The Labute approximate surface area is 170 Å². The van der Waals surface area contributed by atoms with Crippen LogP contribution in [-0.4, -0.2) is 36.5 Å². The number of nitrogens with zero attached hydrogens (tertiary/aromatic N) is 4.